The molecule has 0 aliphatic carbocycles. The van der Waals surface area contributed by atoms with Gasteiger partial charge in [0.25, 0.3) is 5.91 Å². The number of nitrogens with one attached hydrogen (secondary N) is 1. The van der Waals surface area contributed by atoms with Crippen molar-refractivity contribution in [2.45, 2.75) is 21.2 Å². The summed E-state index contributed by atoms with van der Waals surface area (Å²) in [7, 11) is 0. The van der Waals surface area contributed by atoms with Gasteiger partial charge in [-0.1, -0.05) is 42.1 Å². The normalized spacial score (nSPS) is 12.2. The van der Waals surface area contributed by atoms with E-state index in [2.05, 4.69) is 17.9 Å². The van der Waals surface area contributed by atoms with Crippen molar-refractivity contribution in [1.29, 1.82) is 0 Å². The highest BCUT2D eigenvalue weighted by atomic mass is 32.2. The van der Waals surface area contributed by atoms with Crippen molar-refractivity contribution in [1.82, 2.24) is 5.32 Å². The zero-order valence-corrected chi connectivity index (χ0v) is 19.2. The summed E-state index contributed by atoms with van der Waals surface area (Å²) in [4.78, 5) is 20.7. The lowest BCUT2D eigenvalue weighted by molar-refractivity contribution is 0.0951. The Morgan fingerprint density at radius 1 is 0.909 bits per heavy atom. The first-order chi connectivity index (χ1) is 16.1. The Labute approximate surface area is 201 Å². The van der Waals surface area contributed by atoms with E-state index in [4.69, 9.17) is 4.99 Å². The number of fused-ring (bicyclic) bond motifs is 2. The van der Waals surface area contributed by atoms with E-state index in [0.717, 1.165) is 37.1 Å². The number of benzene rings is 4. The van der Waals surface area contributed by atoms with Crippen molar-refractivity contribution in [3.8, 4) is 0 Å². The molecule has 4 aromatic rings. The van der Waals surface area contributed by atoms with Crippen LogP contribution in [0.25, 0.3) is 0 Å². The molecule has 5 rings (SSSR count). The van der Waals surface area contributed by atoms with Crippen LogP contribution >= 0.6 is 24.4 Å². The van der Waals surface area contributed by atoms with Crippen molar-refractivity contribution in [3.05, 3.63) is 119 Å². The highest BCUT2D eigenvalue weighted by molar-refractivity contribution is 7.99. The molecule has 4 aromatic carbocycles. The van der Waals surface area contributed by atoms with E-state index in [1.165, 1.54) is 12.1 Å². The first-order valence-electron chi connectivity index (χ1n) is 10.4. The lowest BCUT2D eigenvalue weighted by Crippen LogP contribution is -2.22. The van der Waals surface area contributed by atoms with Gasteiger partial charge in [-0.25, -0.2) is 9.38 Å². The third-order valence-corrected chi connectivity index (χ3v) is 6.76. The molecule has 0 bridgehead atoms. The van der Waals surface area contributed by atoms with Crippen LogP contribution in [0.15, 0.2) is 111 Å². The largest absolute Gasteiger partial charge is 0.348 e. The number of hydrogen-bond donors (Lipinski definition) is 2. The second kappa shape index (κ2) is 9.25. The molecule has 0 spiro atoms. The fraction of sp³-hybridized carbons (Fsp3) is 0.0370. The van der Waals surface area contributed by atoms with Crippen molar-refractivity contribution in [2.75, 3.05) is 0 Å². The second-order valence-corrected chi connectivity index (χ2v) is 9.20. The average Bonchev–Trinajstić information content (AvgIpc) is 3.00. The van der Waals surface area contributed by atoms with Gasteiger partial charge in [-0.05, 0) is 66.2 Å². The number of hydrogen-bond acceptors (Lipinski definition) is 4. The van der Waals surface area contributed by atoms with Gasteiger partial charge in [0, 0.05) is 37.9 Å². The van der Waals surface area contributed by atoms with Gasteiger partial charge in [-0.2, -0.15) is 0 Å². The number of rotatable bonds is 4. The summed E-state index contributed by atoms with van der Waals surface area (Å²) < 4.78 is 13.5. The molecule has 1 aliphatic heterocycles. The summed E-state index contributed by atoms with van der Waals surface area (Å²) in [5.74, 6) is -0.461. The van der Waals surface area contributed by atoms with Gasteiger partial charge in [0.2, 0.25) is 0 Å². The van der Waals surface area contributed by atoms with Crippen LogP contribution < -0.4 is 5.32 Å². The summed E-state index contributed by atoms with van der Waals surface area (Å²) in [5, 5.41) is 2.96. The quantitative estimate of drug-likeness (QED) is 0.288. The van der Waals surface area contributed by atoms with Gasteiger partial charge >= 0.3 is 0 Å². The molecule has 0 unspecified atom stereocenters. The maximum absolute atomic E-state index is 13.5. The lowest BCUT2D eigenvalue weighted by atomic mass is 10.0. The van der Waals surface area contributed by atoms with E-state index < -0.39 is 0 Å². The van der Waals surface area contributed by atoms with Crippen molar-refractivity contribution in [3.63, 3.8) is 0 Å². The van der Waals surface area contributed by atoms with Crippen molar-refractivity contribution in [2.24, 2.45) is 4.99 Å². The van der Waals surface area contributed by atoms with Crippen molar-refractivity contribution >= 4 is 41.7 Å². The molecule has 6 heteroatoms. The highest BCUT2D eigenvalue weighted by Gasteiger charge is 2.20. The summed E-state index contributed by atoms with van der Waals surface area (Å²) in [5.41, 5.74) is 4.79. The van der Waals surface area contributed by atoms with Gasteiger partial charge in [0.05, 0.1) is 11.4 Å². The molecule has 1 N–H and O–H groups in total. The highest BCUT2D eigenvalue weighted by Crippen LogP contribution is 2.41. The summed E-state index contributed by atoms with van der Waals surface area (Å²) in [6.07, 6.45) is 0. The number of amides is 1. The van der Waals surface area contributed by atoms with Crippen LogP contribution in [-0.4, -0.2) is 11.6 Å². The number of halogens is 1. The molecule has 1 heterocycles. The number of nitrogens with zero attached hydrogens (tertiary/aromatic N) is 1. The molecule has 3 nitrogen and oxygen atoms in total. The molecule has 33 heavy (non-hydrogen) atoms. The van der Waals surface area contributed by atoms with E-state index in [1.54, 1.807) is 23.9 Å². The summed E-state index contributed by atoms with van der Waals surface area (Å²) >= 11 is 5.90. The molecule has 0 saturated heterocycles. The smallest absolute Gasteiger partial charge is 0.251 e. The fourth-order valence-corrected chi connectivity index (χ4v) is 4.76. The van der Waals surface area contributed by atoms with Gasteiger partial charge in [-0.3, -0.25) is 4.79 Å². The number of carbonyl (C=O) groups excluding carboxylic acids is 1. The summed E-state index contributed by atoms with van der Waals surface area (Å²) in [6.45, 7) is 0.425. The average molecular weight is 471 g/mol. The minimum atomic E-state index is -0.293. The Kier molecular flexibility index (Phi) is 6.03. The number of carbonyl (C=O) groups is 1. The van der Waals surface area contributed by atoms with Crippen LogP contribution in [0.2, 0.25) is 0 Å². The van der Waals surface area contributed by atoms with E-state index in [9.17, 15) is 9.18 Å². The Morgan fingerprint density at radius 3 is 2.45 bits per heavy atom. The molecule has 0 fully saturated rings. The van der Waals surface area contributed by atoms with Gasteiger partial charge in [0.1, 0.15) is 5.82 Å². The summed E-state index contributed by atoms with van der Waals surface area (Å²) in [6, 6.07) is 27.6. The zero-order chi connectivity index (χ0) is 22.8. The van der Waals surface area contributed by atoms with E-state index in [1.807, 2.05) is 66.7 Å². The molecule has 0 aromatic heterocycles. The Balaban J connectivity index is 1.49. The molecular formula is C27H19FN2OS2. The molecule has 162 valence electrons. The van der Waals surface area contributed by atoms with Crippen LogP contribution in [0, 0.1) is 5.82 Å². The van der Waals surface area contributed by atoms with E-state index in [0.29, 0.717) is 17.8 Å². The van der Waals surface area contributed by atoms with Gasteiger partial charge < -0.3 is 5.32 Å². The maximum Gasteiger partial charge on any atom is 0.251 e. The predicted molar refractivity (Wildman–Crippen MR) is 134 cm³/mol. The monoisotopic (exact) mass is 470 g/mol. The Morgan fingerprint density at radius 2 is 1.67 bits per heavy atom. The molecule has 0 atom stereocenters. The maximum atomic E-state index is 13.5. The SMILES string of the molecule is O=C(NCc1ccc(S)cc1)c1ccc2c(c1)N=C(c1ccc(F)cc1)c1ccccc1S2. The molecule has 1 aliphatic rings. The van der Waals surface area contributed by atoms with E-state index in [-0.39, 0.29) is 11.7 Å². The topological polar surface area (TPSA) is 41.5 Å². The number of aliphatic imine (C=N–C) groups is 1. The fourth-order valence-electron chi connectivity index (χ4n) is 3.61. The van der Waals surface area contributed by atoms with Crippen LogP contribution in [0.5, 0.6) is 0 Å². The molecule has 0 saturated carbocycles. The van der Waals surface area contributed by atoms with Gasteiger partial charge in [-0.15, -0.1) is 12.6 Å². The van der Waals surface area contributed by atoms with Gasteiger partial charge in [0.15, 0.2) is 0 Å². The molecular weight excluding hydrogens is 451 g/mol. The first-order valence-corrected chi connectivity index (χ1v) is 11.7. The van der Waals surface area contributed by atoms with Crippen LogP contribution in [-0.2, 0) is 6.54 Å². The minimum Gasteiger partial charge on any atom is -0.348 e. The zero-order valence-electron chi connectivity index (χ0n) is 17.5. The van der Waals surface area contributed by atoms with Crippen LogP contribution in [0.3, 0.4) is 0 Å². The predicted octanol–water partition coefficient (Wildman–Crippen LogP) is 6.68. The first kappa shape index (κ1) is 21.5. The standard InChI is InChI=1S/C27H19FN2OS2/c28-20-10-7-18(8-11-20)26-22-3-1-2-4-24(22)33-25-14-9-19(15-23(25)30-26)27(31)29-16-17-5-12-21(32)13-6-17/h1-15,32H,16H2,(H,29,31). The molecule has 0 radical (unpaired) electrons. The number of thiol groups is 1. The Hall–Kier alpha value is -3.35. The van der Waals surface area contributed by atoms with Crippen LogP contribution in [0.4, 0.5) is 10.1 Å². The minimum absolute atomic E-state index is 0.168. The lowest BCUT2D eigenvalue weighted by Gasteiger charge is -2.09. The third kappa shape index (κ3) is 4.72. The Bertz CT molecular complexity index is 1370. The second-order valence-electron chi connectivity index (χ2n) is 7.60. The van der Waals surface area contributed by atoms with Crippen LogP contribution in [0.1, 0.15) is 27.0 Å². The van der Waals surface area contributed by atoms with Crippen molar-refractivity contribution < 1.29 is 9.18 Å². The third-order valence-electron chi connectivity index (χ3n) is 5.32. The van der Waals surface area contributed by atoms with E-state index >= 15 is 0 Å². The molecule has 1 amide bonds.